The zero-order valence-corrected chi connectivity index (χ0v) is 11.3. The summed E-state index contributed by atoms with van der Waals surface area (Å²) in [5.74, 6) is -0.788. The lowest BCUT2D eigenvalue weighted by Crippen LogP contribution is -2.25. The Hall–Kier alpha value is -1.38. The highest BCUT2D eigenvalue weighted by atomic mass is 32.1. The molecule has 1 saturated carbocycles. The molecule has 20 heavy (non-hydrogen) atoms. The summed E-state index contributed by atoms with van der Waals surface area (Å²) in [5.41, 5.74) is 0. The Balaban J connectivity index is 1.79. The van der Waals surface area contributed by atoms with Gasteiger partial charge in [0.15, 0.2) is 0 Å². The van der Waals surface area contributed by atoms with E-state index in [2.05, 4.69) is 15.5 Å². The van der Waals surface area contributed by atoms with Crippen LogP contribution in [0.25, 0.3) is 0 Å². The van der Waals surface area contributed by atoms with Gasteiger partial charge in [0.25, 0.3) is 0 Å². The maximum Gasteiger partial charge on any atom is 0.445 e. The molecule has 2 N–H and O–H groups in total. The van der Waals surface area contributed by atoms with Crippen LogP contribution in [0, 0.1) is 11.8 Å². The number of nitrogens with one attached hydrogen (secondary N) is 1. The summed E-state index contributed by atoms with van der Waals surface area (Å²) in [6, 6.07) is 0. The fourth-order valence-electron chi connectivity index (χ4n) is 2.25. The van der Waals surface area contributed by atoms with Crippen molar-refractivity contribution >= 4 is 22.4 Å². The maximum absolute atomic E-state index is 12.3. The van der Waals surface area contributed by atoms with Gasteiger partial charge in [0.2, 0.25) is 10.1 Å². The van der Waals surface area contributed by atoms with Gasteiger partial charge in [-0.3, -0.25) is 4.79 Å². The van der Waals surface area contributed by atoms with Gasteiger partial charge in [-0.05, 0) is 31.6 Å². The van der Waals surface area contributed by atoms with E-state index in [0.717, 1.165) is 12.8 Å². The van der Waals surface area contributed by atoms with Crippen LogP contribution in [0.15, 0.2) is 0 Å². The molecule has 112 valence electrons. The van der Waals surface area contributed by atoms with Crippen molar-refractivity contribution in [1.29, 1.82) is 0 Å². The molecule has 1 aliphatic carbocycles. The number of rotatable bonds is 4. The zero-order valence-electron chi connectivity index (χ0n) is 10.5. The molecule has 1 aliphatic rings. The summed E-state index contributed by atoms with van der Waals surface area (Å²) in [7, 11) is 0. The second-order valence-electron chi connectivity index (χ2n) is 4.85. The zero-order chi connectivity index (χ0) is 14.8. The third kappa shape index (κ3) is 3.81. The van der Waals surface area contributed by atoms with Crippen molar-refractivity contribution < 1.29 is 23.1 Å². The van der Waals surface area contributed by atoms with Gasteiger partial charge in [-0.25, -0.2) is 0 Å². The van der Waals surface area contributed by atoms with Crippen LogP contribution in [-0.4, -0.2) is 27.8 Å². The van der Waals surface area contributed by atoms with E-state index in [0.29, 0.717) is 30.7 Å². The molecule has 2 rings (SSSR count). The average Bonchev–Trinajstić information content (AvgIpc) is 2.85. The van der Waals surface area contributed by atoms with Crippen LogP contribution < -0.4 is 5.32 Å². The van der Waals surface area contributed by atoms with Gasteiger partial charge in [-0.2, -0.15) is 13.2 Å². The van der Waals surface area contributed by atoms with Crippen molar-refractivity contribution in [1.82, 2.24) is 10.2 Å². The van der Waals surface area contributed by atoms with E-state index >= 15 is 0 Å². The molecule has 0 atom stereocenters. The van der Waals surface area contributed by atoms with Crippen LogP contribution in [0.1, 0.15) is 30.7 Å². The maximum atomic E-state index is 12.3. The summed E-state index contributed by atoms with van der Waals surface area (Å²) in [5, 5.41) is 17.5. The first-order chi connectivity index (χ1) is 9.36. The minimum absolute atomic E-state index is 0.151. The first-order valence-electron chi connectivity index (χ1n) is 6.23. The lowest BCUT2D eigenvalue weighted by molar-refractivity contribution is -0.143. The van der Waals surface area contributed by atoms with E-state index in [-0.39, 0.29) is 17.0 Å². The van der Waals surface area contributed by atoms with E-state index in [1.54, 1.807) is 0 Å². The Kier molecular flexibility index (Phi) is 4.46. The number of anilines is 1. The average molecular weight is 309 g/mol. The second-order valence-corrected chi connectivity index (χ2v) is 5.82. The SMILES string of the molecule is O=C(O)C1CCC(CNc2nnc(C(F)(F)F)s2)CC1. The molecule has 0 aromatic carbocycles. The van der Waals surface area contributed by atoms with Crippen LogP contribution in [0.5, 0.6) is 0 Å². The first-order valence-corrected chi connectivity index (χ1v) is 7.05. The third-order valence-electron chi connectivity index (χ3n) is 3.41. The highest BCUT2D eigenvalue weighted by molar-refractivity contribution is 7.15. The lowest BCUT2D eigenvalue weighted by atomic mass is 9.82. The number of carbonyl (C=O) groups is 1. The minimum Gasteiger partial charge on any atom is -0.481 e. The van der Waals surface area contributed by atoms with Gasteiger partial charge in [0.1, 0.15) is 0 Å². The van der Waals surface area contributed by atoms with E-state index in [1.807, 2.05) is 0 Å². The lowest BCUT2D eigenvalue weighted by Gasteiger charge is -2.25. The predicted molar refractivity (Wildman–Crippen MR) is 66.5 cm³/mol. The number of alkyl halides is 3. The monoisotopic (exact) mass is 309 g/mol. The Bertz CT molecular complexity index is 470. The van der Waals surface area contributed by atoms with Crippen LogP contribution in [-0.2, 0) is 11.0 Å². The molecule has 0 amide bonds. The molecule has 5 nitrogen and oxygen atoms in total. The highest BCUT2D eigenvalue weighted by Crippen LogP contribution is 2.34. The second kappa shape index (κ2) is 5.94. The molecule has 1 aromatic rings. The van der Waals surface area contributed by atoms with Gasteiger partial charge in [0, 0.05) is 6.54 Å². The quantitative estimate of drug-likeness (QED) is 0.894. The van der Waals surface area contributed by atoms with Gasteiger partial charge in [-0.15, -0.1) is 10.2 Å². The van der Waals surface area contributed by atoms with Crippen LogP contribution in [0.2, 0.25) is 0 Å². The largest absolute Gasteiger partial charge is 0.481 e. The smallest absolute Gasteiger partial charge is 0.445 e. The number of aliphatic carboxylic acids is 1. The predicted octanol–water partition coefficient (Wildman–Crippen LogP) is 2.86. The van der Waals surface area contributed by atoms with Crippen LogP contribution in [0.3, 0.4) is 0 Å². The van der Waals surface area contributed by atoms with Crippen LogP contribution in [0.4, 0.5) is 18.3 Å². The molecule has 1 aromatic heterocycles. The minimum atomic E-state index is -4.46. The third-order valence-corrected chi connectivity index (χ3v) is 4.33. The Labute approximate surface area is 117 Å². The molecule has 0 bridgehead atoms. The van der Waals surface area contributed by atoms with Gasteiger partial charge < -0.3 is 10.4 Å². The van der Waals surface area contributed by atoms with Crippen molar-refractivity contribution in [2.75, 3.05) is 11.9 Å². The highest BCUT2D eigenvalue weighted by Gasteiger charge is 2.35. The van der Waals surface area contributed by atoms with Crippen LogP contribution >= 0.6 is 11.3 Å². The molecular formula is C11H14F3N3O2S. The summed E-state index contributed by atoms with van der Waals surface area (Å²) in [6.07, 6.45) is -1.71. The standard InChI is InChI=1S/C11H14F3N3O2S/c12-11(13,14)9-16-17-10(20-9)15-5-6-1-3-7(4-2-6)8(18)19/h6-7H,1-5H2,(H,15,17)(H,18,19). The van der Waals surface area contributed by atoms with Gasteiger partial charge in [0.05, 0.1) is 5.92 Å². The van der Waals surface area contributed by atoms with Crippen molar-refractivity contribution in [3.05, 3.63) is 5.01 Å². The number of aromatic nitrogens is 2. The molecule has 1 fully saturated rings. The van der Waals surface area contributed by atoms with Gasteiger partial charge in [-0.1, -0.05) is 11.3 Å². The van der Waals surface area contributed by atoms with E-state index in [4.69, 9.17) is 5.11 Å². The Morgan fingerprint density at radius 1 is 1.30 bits per heavy atom. The number of hydrogen-bond acceptors (Lipinski definition) is 5. The molecule has 0 unspecified atom stereocenters. The summed E-state index contributed by atoms with van der Waals surface area (Å²) >= 11 is 0.481. The van der Waals surface area contributed by atoms with Gasteiger partial charge >= 0.3 is 12.1 Å². The number of carboxylic acids is 1. The summed E-state index contributed by atoms with van der Waals surface area (Å²) in [6.45, 7) is 0.499. The molecule has 0 spiro atoms. The molecule has 1 heterocycles. The normalized spacial score (nSPS) is 23.6. The van der Waals surface area contributed by atoms with E-state index in [1.165, 1.54) is 0 Å². The topological polar surface area (TPSA) is 75.1 Å². The summed E-state index contributed by atoms with van der Waals surface area (Å²) in [4.78, 5) is 10.8. The van der Waals surface area contributed by atoms with Crippen molar-refractivity contribution in [3.8, 4) is 0 Å². The number of carboxylic acid groups (broad SMARTS) is 1. The van der Waals surface area contributed by atoms with E-state index < -0.39 is 17.2 Å². The summed E-state index contributed by atoms with van der Waals surface area (Å²) < 4.78 is 37.0. The molecule has 0 radical (unpaired) electrons. The number of nitrogens with zero attached hydrogens (tertiary/aromatic N) is 2. The van der Waals surface area contributed by atoms with Crippen molar-refractivity contribution in [2.24, 2.45) is 11.8 Å². The van der Waals surface area contributed by atoms with Crippen molar-refractivity contribution in [3.63, 3.8) is 0 Å². The molecule has 9 heteroatoms. The number of halogens is 3. The Morgan fingerprint density at radius 2 is 1.95 bits per heavy atom. The van der Waals surface area contributed by atoms with Crippen molar-refractivity contribution in [2.45, 2.75) is 31.9 Å². The molecular weight excluding hydrogens is 295 g/mol. The molecule has 0 saturated heterocycles. The van der Waals surface area contributed by atoms with E-state index in [9.17, 15) is 18.0 Å². The molecule has 0 aliphatic heterocycles. The fourth-order valence-corrected chi connectivity index (χ4v) is 2.87. The first kappa shape index (κ1) is 15.0. The Morgan fingerprint density at radius 3 is 2.45 bits per heavy atom. The number of hydrogen-bond donors (Lipinski definition) is 2. The fraction of sp³-hybridized carbons (Fsp3) is 0.727.